The molecule has 1 aliphatic heterocycles. The Morgan fingerprint density at radius 3 is 2.68 bits per heavy atom. The van der Waals surface area contributed by atoms with Crippen molar-refractivity contribution in [3.8, 4) is 16.3 Å². The maximum Gasteiger partial charge on any atom is 0.274 e. The van der Waals surface area contributed by atoms with Gasteiger partial charge in [-0.3, -0.25) is 14.4 Å². The van der Waals surface area contributed by atoms with Crippen molar-refractivity contribution in [2.24, 2.45) is 0 Å². The van der Waals surface area contributed by atoms with Gasteiger partial charge in [-0.05, 0) is 32.4 Å². The van der Waals surface area contributed by atoms with E-state index in [0.717, 1.165) is 17.4 Å². The summed E-state index contributed by atoms with van der Waals surface area (Å²) in [6.07, 6.45) is 3.22. The second-order valence-corrected chi connectivity index (χ2v) is 9.75. The molecule has 0 bridgehead atoms. The molecule has 1 atom stereocenters. The third-order valence-electron chi connectivity index (χ3n) is 5.78. The number of rotatable bonds is 6. The molecular weight excluding hydrogens is 464 g/mol. The van der Waals surface area contributed by atoms with Gasteiger partial charge in [0.25, 0.3) is 5.91 Å². The summed E-state index contributed by atoms with van der Waals surface area (Å²) in [6.45, 7) is 5.35. The number of Topliss-reactive ketones (excluding diaryl/α,β-unsaturated/α-hetero) is 1. The van der Waals surface area contributed by atoms with Crippen molar-refractivity contribution in [3.63, 3.8) is 0 Å². The topological polar surface area (TPSA) is 92.5 Å². The molecule has 178 valence electrons. The van der Waals surface area contributed by atoms with Crippen LogP contribution in [0.1, 0.15) is 54.2 Å². The molecular formula is C24H23F2N3O4S. The van der Waals surface area contributed by atoms with Crippen LogP contribution in [0.15, 0.2) is 35.4 Å². The average Bonchev–Trinajstić information content (AvgIpc) is 3.22. The van der Waals surface area contributed by atoms with Crippen LogP contribution in [0.5, 0.6) is 5.75 Å². The summed E-state index contributed by atoms with van der Waals surface area (Å²) in [4.78, 5) is 44.4. The summed E-state index contributed by atoms with van der Waals surface area (Å²) < 4.78 is 28.7. The number of amides is 1. The number of benzene rings is 1. The zero-order valence-electron chi connectivity index (χ0n) is 18.8. The van der Waals surface area contributed by atoms with Crippen molar-refractivity contribution in [1.82, 2.24) is 14.5 Å². The normalized spacial score (nSPS) is 15.6. The number of pyridine rings is 1. The van der Waals surface area contributed by atoms with Crippen molar-refractivity contribution in [2.45, 2.75) is 45.7 Å². The van der Waals surface area contributed by atoms with Gasteiger partial charge in [-0.25, -0.2) is 13.8 Å². The van der Waals surface area contributed by atoms with E-state index >= 15 is 0 Å². The summed E-state index contributed by atoms with van der Waals surface area (Å²) in [6, 6.07) is 2.68. The molecule has 0 aliphatic carbocycles. The SMILES string of the molecule is CC(=O)CC1CN(C(C)C)C(=O)c2c(O)c(=O)c(-c3ncc(Cc4ccc(F)cc4F)s3)cn21. The highest BCUT2D eigenvalue weighted by Gasteiger charge is 2.36. The summed E-state index contributed by atoms with van der Waals surface area (Å²) in [5.41, 5.74) is -0.537. The molecule has 3 aromatic rings. The van der Waals surface area contributed by atoms with E-state index in [-0.39, 0.29) is 53.0 Å². The Hall–Kier alpha value is -3.40. The molecule has 7 nitrogen and oxygen atoms in total. The fourth-order valence-electron chi connectivity index (χ4n) is 4.11. The Morgan fingerprint density at radius 1 is 1.29 bits per heavy atom. The molecule has 1 amide bonds. The van der Waals surface area contributed by atoms with Crippen LogP contribution in [-0.2, 0) is 11.2 Å². The third-order valence-corrected chi connectivity index (χ3v) is 6.82. The highest BCUT2D eigenvalue weighted by Crippen LogP contribution is 2.33. The Bertz CT molecular complexity index is 1350. The van der Waals surface area contributed by atoms with Gasteiger partial charge in [-0.2, -0.15) is 0 Å². The lowest BCUT2D eigenvalue weighted by Gasteiger charge is -2.38. The minimum Gasteiger partial charge on any atom is -0.503 e. The maximum absolute atomic E-state index is 14.0. The molecule has 4 rings (SSSR count). The van der Waals surface area contributed by atoms with Gasteiger partial charge in [0.05, 0.1) is 11.6 Å². The van der Waals surface area contributed by atoms with Crippen molar-refractivity contribution in [2.75, 3.05) is 6.54 Å². The molecule has 1 unspecified atom stereocenters. The highest BCUT2D eigenvalue weighted by molar-refractivity contribution is 7.15. The summed E-state index contributed by atoms with van der Waals surface area (Å²) in [5, 5.41) is 11.0. The fourth-order valence-corrected chi connectivity index (χ4v) is 5.05. The molecule has 0 fully saturated rings. The van der Waals surface area contributed by atoms with Gasteiger partial charge in [0, 0.05) is 48.8 Å². The number of nitrogens with zero attached hydrogens (tertiary/aromatic N) is 3. The van der Waals surface area contributed by atoms with Gasteiger partial charge in [0.15, 0.2) is 11.4 Å². The summed E-state index contributed by atoms with van der Waals surface area (Å²) in [5.74, 6) is -2.62. The number of hydrogen-bond acceptors (Lipinski definition) is 6. The first-order chi connectivity index (χ1) is 16.1. The number of fused-ring (bicyclic) bond motifs is 1. The van der Waals surface area contributed by atoms with E-state index in [1.807, 2.05) is 13.8 Å². The molecule has 0 spiro atoms. The van der Waals surface area contributed by atoms with Crippen LogP contribution >= 0.6 is 11.3 Å². The fraction of sp³-hybridized carbons (Fsp3) is 0.333. The van der Waals surface area contributed by atoms with Crippen LogP contribution in [0, 0.1) is 11.6 Å². The number of aromatic nitrogens is 2. The first-order valence-corrected chi connectivity index (χ1v) is 11.6. The van der Waals surface area contributed by atoms with Crippen LogP contribution in [0.4, 0.5) is 8.78 Å². The first kappa shape index (κ1) is 23.7. The highest BCUT2D eigenvalue weighted by atomic mass is 32.1. The lowest BCUT2D eigenvalue weighted by Crippen LogP contribution is -2.47. The van der Waals surface area contributed by atoms with Gasteiger partial charge >= 0.3 is 0 Å². The van der Waals surface area contributed by atoms with Crippen molar-refractivity contribution in [3.05, 3.63) is 68.6 Å². The molecule has 0 saturated heterocycles. The van der Waals surface area contributed by atoms with Crippen molar-refractivity contribution < 1.29 is 23.5 Å². The van der Waals surface area contributed by atoms with Gasteiger partial charge in [0.1, 0.15) is 22.4 Å². The Balaban J connectivity index is 1.76. The smallest absolute Gasteiger partial charge is 0.274 e. The molecule has 0 radical (unpaired) electrons. The number of ketones is 1. The van der Waals surface area contributed by atoms with Gasteiger partial charge in [0.2, 0.25) is 5.43 Å². The number of thiazole rings is 1. The summed E-state index contributed by atoms with van der Waals surface area (Å²) >= 11 is 1.13. The van der Waals surface area contributed by atoms with Crippen molar-refractivity contribution >= 4 is 23.0 Å². The number of aromatic hydroxyl groups is 1. The van der Waals surface area contributed by atoms with Crippen LogP contribution in [-0.4, -0.2) is 43.8 Å². The van der Waals surface area contributed by atoms with E-state index in [9.17, 15) is 28.3 Å². The lowest BCUT2D eigenvalue weighted by molar-refractivity contribution is -0.118. The predicted octanol–water partition coefficient (Wildman–Crippen LogP) is 3.93. The standard InChI is InChI=1S/C24H23F2N3O4S/c1-12(2)28-10-16(6-13(3)30)29-11-18(21(31)22(32)20(29)24(28)33)23-27-9-17(34-23)7-14-4-5-15(25)8-19(14)26/h4-5,8-9,11-12,16,32H,6-7,10H2,1-3H3. The second kappa shape index (κ2) is 9.09. The Labute approximate surface area is 198 Å². The van der Waals surface area contributed by atoms with E-state index in [2.05, 4.69) is 4.98 Å². The molecule has 0 saturated carbocycles. The second-order valence-electron chi connectivity index (χ2n) is 8.63. The first-order valence-electron chi connectivity index (χ1n) is 10.7. The zero-order valence-corrected chi connectivity index (χ0v) is 19.7. The third kappa shape index (κ3) is 4.37. The number of hydrogen-bond donors (Lipinski definition) is 1. The van der Waals surface area contributed by atoms with Gasteiger partial charge in [-0.1, -0.05) is 6.07 Å². The molecule has 10 heteroatoms. The van der Waals surface area contributed by atoms with Crippen LogP contribution < -0.4 is 5.43 Å². The van der Waals surface area contributed by atoms with E-state index in [1.165, 1.54) is 40.9 Å². The molecule has 2 aromatic heterocycles. The van der Waals surface area contributed by atoms with Gasteiger partial charge < -0.3 is 14.6 Å². The minimum atomic E-state index is -0.749. The molecule has 1 aromatic carbocycles. The molecule has 3 heterocycles. The average molecular weight is 488 g/mol. The molecule has 1 aliphatic rings. The maximum atomic E-state index is 14.0. The zero-order chi connectivity index (χ0) is 24.7. The van der Waals surface area contributed by atoms with Gasteiger partial charge in [-0.15, -0.1) is 11.3 Å². The Kier molecular flexibility index (Phi) is 6.35. The number of halogens is 2. The van der Waals surface area contributed by atoms with E-state index in [0.29, 0.717) is 4.88 Å². The van der Waals surface area contributed by atoms with E-state index < -0.39 is 34.8 Å². The van der Waals surface area contributed by atoms with E-state index in [1.54, 1.807) is 0 Å². The number of carbonyl (C=O) groups is 2. The Morgan fingerprint density at radius 2 is 2.03 bits per heavy atom. The van der Waals surface area contributed by atoms with Crippen LogP contribution in [0.25, 0.3) is 10.6 Å². The van der Waals surface area contributed by atoms with Crippen LogP contribution in [0.3, 0.4) is 0 Å². The molecule has 34 heavy (non-hydrogen) atoms. The number of carbonyl (C=O) groups excluding carboxylic acids is 2. The van der Waals surface area contributed by atoms with Crippen molar-refractivity contribution in [1.29, 1.82) is 0 Å². The minimum absolute atomic E-state index is 0.0800. The monoisotopic (exact) mass is 487 g/mol. The summed E-state index contributed by atoms with van der Waals surface area (Å²) in [7, 11) is 0. The predicted molar refractivity (Wildman–Crippen MR) is 123 cm³/mol. The van der Waals surface area contributed by atoms with Crippen LogP contribution in [0.2, 0.25) is 0 Å². The quantitative estimate of drug-likeness (QED) is 0.569. The largest absolute Gasteiger partial charge is 0.503 e. The van der Waals surface area contributed by atoms with E-state index in [4.69, 9.17) is 0 Å². The molecule has 1 N–H and O–H groups in total. The lowest BCUT2D eigenvalue weighted by atomic mass is 10.0.